The van der Waals surface area contributed by atoms with Crippen LogP contribution in [0.25, 0.3) is 17.8 Å². The van der Waals surface area contributed by atoms with Crippen molar-refractivity contribution in [2.45, 2.75) is 6.92 Å². The molecule has 0 aromatic carbocycles. The molecule has 14 heavy (non-hydrogen) atoms. The fourth-order valence-corrected chi connectivity index (χ4v) is 1.54. The van der Waals surface area contributed by atoms with Crippen molar-refractivity contribution in [3.05, 3.63) is 48.4 Å². The van der Waals surface area contributed by atoms with Gasteiger partial charge >= 0.3 is 0 Å². The highest BCUT2D eigenvalue weighted by Gasteiger charge is 2.02. The molecule has 0 saturated heterocycles. The van der Waals surface area contributed by atoms with Gasteiger partial charge in [-0.1, -0.05) is 24.8 Å². The summed E-state index contributed by atoms with van der Waals surface area (Å²) in [6, 6.07) is 2.04. The lowest BCUT2D eigenvalue weighted by molar-refractivity contribution is 1.18. The van der Waals surface area contributed by atoms with Crippen LogP contribution in [0.5, 0.6) is 0 Å². The van der Waals surface area contributed by atoms with Crippen LogP contribution in [0.15, 0.2) is 37.3 Å². The Labute approximate surface area is 83.2 Å². The molecule has 0 aliphatic heterocycles. The zero-order chi connectivity index (χ0) is 9.97. The minimum absolute atomic E-state index is 0.973. The molecule has 0 spiro atoms. The van der Waals surface area contributed by atoms with Gasteiger partial charge in [-0.2, -0.15) is 0 Å². The Morgan fingerprint density at radius 1 is 1.43 bits per heavy atom. The summed E-state index contributed by atoms with van der Waals surface area (Å²) in [5.41, 5.74) is 3.21. The average molecular weight is 184 g/mol. The molecule has 0 atom stereocenters. The standard InChI is InChI=1S/C12H12N2/c1-3-5-11-10(4-2)6-8-14-9-7-13-12(11)14/h3-9H,2H2,1H3/b5-3-. The maximum atomic E-state index is 4.31. The fraction of sp³-hybridized carbons (Fsp3) is 0.0833. The highest BCUT2D eigenvalue weighted by atomic mass is 15.0. The number of pyridine rings is 1. The summed E-state index contributed by atoms with van der Waals surface area (Å²) in [7, 11) is 0. The molecule has 2 heterocycles. The van der Waals surface area contributed by atoms with E-state index in [9.17, 15) is 0 Å². The van der Waals surface area contributed by atoms with Crippen molar-refractivity contribution in [3.8, 4) is 0 Å². The van der Waals surface area contributed by atoms with Crippen molar-refractivity contribution in [2.75, 3.05) is 0 Å². The highest BCUT2D eigenvalue weighted by molar-refractivity contribution is 5.74. The van der Waals surface area contributed by atoms with Crippen LogP contribution in [0.4, 0.5) is 0 Å². The summed E-state index contributed by atoms with van der Waals surface area (Å²) >= 11 is 0. The number of fused-ring (bicyclic) bond motifs is 1. The molecule has 70 valence electrons. The molecule has 0 fully saturated rings. The molecule has 0 radical (unpaired) electrons. The van der Waals surface area contributed by atoms with E-state index < -0.39 is 0 Å². The van der Waals surface area contributed by atoms with Gasteiger partial charge in [0.05, 0.1) is 0 Å². The lowest BCUT2D eigenvalue weighted by Gasteiger charge is -2.02. The van der Waals surface area contributed by atoms with E-state index in [1.54, 1.807) is 6.20 Å². The van der Waals surface area contributed by atoms with Crippen molar-refractivity contribution in [3.63, 3.8) is 0 Å². The average Bonchev–Trinajstić information content (AvgIpc) is 2.67. The second kappa shape index (κ2) is 3.50. The Hall–Kier alpha value is -1.83. The lowest BCUT2D eigenvalue weighted by Crippen LogP contribution is -1.89. The van der Waals surface area contributed by atoms with E-state index in [2.05, 4.69) is 17.6 Å². The quantitative estimate of drug-likeness (QED) is 0.701. The number of nitrogens with zero attached hydrogens (tertiary/aromatic N) is 2. The predicted molar refractivity (Wildman–Crippen MR) is 60.0 cm³/mol. The summed E-state index contributed by atoms with van der Waals surface area (Å²) in [5.74, 6) is 0. The molecule has 0 N–H and O–H groups in total. The van der Waals surface area contributed by atoms with Gasteiger partial charge in [0.2, 0.25) is 0 Å². The first-order valence-corrected chi connectivity index (χ1v) is 4.57. The third kappa shape index (κ3) is 1.25. The summed E-state index contributed by atoms with van der Waals surface area (Å²) in [5, 5.41) is 0. The third-order valence-electron chi connectivity index (χ3n) is 2.19. The van der Waals surface area contributed by atoms with Crippen LogP contribution in [-0.2, 0) is 0 Å². The largest absolute Gasteiger partial charge is 0.307 e. The Morgan fingerprint density at radius 2 is 2.29 bits per heavy atom. The molecule has 2 rings (SSSR count). The number of aromatic nitrogens is 2. The smallest absolute Gasteiger partial charge is 0.144 e. The fourth-order valence-electron chi connectivity index (χ4n) is 1.54. The summed E-state index contributed by atoms with van der Waals surface area (Å²) < 4.78 is 2.00. The van der Waals surface area contributed by atoms with Gasteiger partial charge < -0.3 is 4.40 Å². The summed E-state index contributed by atoms with van der Waals surface area (Å²) in [6.07, 6.45) is 11.6. The van der Waals surface area contributed by atoms with Crippen LogP contribution in [0.3, 0.4) is 0 Å². The Bertz CT molecular complexity index is 492. The molecular formula is C12H12N2. The van der Waals surface area contributed by atoms with Crippen molar-refractivity contribution in [1.82, 2.24) is 9.38 Å². The van der Waals surface area contributed by atoms with Crippen LogP contribution in [0.2, 0.25) is 0 Å². The Morgan fingerprint density at radius 3 is 3.00 bits per heavy atom. The van der Waals surface area contributed by atoms with Gasteiger partial charge in [-0.05, 0) is 18.6 Å². The second-order valence-corrected chi connectivity index (χ2v) is 3.05. The van der Waals surface area contributed by atoms with Crippen molar-refractivity contribution < 1.29 is 0 Å². The van der Waals surface area contributed by atoms with E-state index in [4.69, 9.17) is 0 Å². The molecule has 0 unspecified atom stereocenters. The lowest BCUT2D eigenvalue weighted by atomic mass is 10.1. The third-order valence-corrected chi connectivity index (χ3v) is 2.19. The highest BCUT2D eigenvalue weighted by Crippen LogP contribution is 2.17. The molecule has 0 amide bonds. The van der Waals surface area contributed by atoms with Gasteiger partial charge in [0.25, 0.3) is 0 Å². The van der Waals surface area contributed by atoms with E-state index in [1.807, 2.05) is 41.9 Å². The zero-order valence-electron chi connectivity index (χ0n) is 8.14. The first-order chi connectivity index (χ1) is 6.86. The van der Waals surface area contributed by atoms with E-state index in [0.717, 1.165) is 16.8 Å². The van der Waals surface area contributed by atoms with Crippen LogP contribution in [0.1, 0.15) is 18.1 Å². The van der Waals surface area contributed by atoms with Crippen molar-refractivity contribution in [2.24, 2.45) is 0 Å². The number of imidazole rings is 1. The molecular weight excluding hydrogens is 172 g/mol. The van der Waals surface area contributed by atoms with Gasteiger partial charge in [-0.3, -0.25) is 0 Å². The van der Waals surface area contributed by atoms with Gasteiger partial charge in [0.1, 0.15) is 5.65 Å². The monoisotopic (exact) mass is 184 g/mol. The first-order valence-electron chi connectivity index (χ1n) is 4.57. The minimum atomic E-state index is 0.973. The van der Waals surface area contributed by atoms with E-state index in [-0.39, 0.29) is 0 Å². The first kappa shape index (κ1) is 8.75. The van der Waals surface area contributed by atoms with Crippen LogP contribution >= 0.6 is 0 Å². The van der Waals surface area contributed by atoms with Gasteiger partial charge in [0, 0.05) is 24.2 Å². The van der Waals surface area contributed by atoms with Crippen LogP contribution < -0.4 is 0 Å². The van der Waals surface area contributed by atoms with Gasteiger partial charge in [-0.15, -0.1) is 0 Å². The SMILES string of the molecule is C=Cc1ccn2ccnc2c1/C=C\C. The normalized spacial score (nSPS) is 11.2. The molecule has 2 nitrogen and oxygen atoms in total. The molecule has 2 aromatic rings. The number of allylic oxidation sites excluding steroid dienone is 1. The zero-order valence-corrected chi connectivity index (χ0v) is 8.14. The number of hydrogen-bond donors (Lipinski definition) is 0. The Kier molecular flexibility index (Phi) is 2.19. The summed E-state index contributed by atoms with van der Waals surface area (Å²) in [6.45, 7) is 5.79. The Balaban J connectivity index is 2.81. The summed E-state index contributed by atoms with van der Waals surface area (Å²) in [4.78, 5) is 4.31. The molecule has 2 heteroatoms. The minimum Gasteiger partial charge on any atom is -0.307 e. The van der Waals surface area contributed by atoms with E-state index in [1.165, 1.54) is 0 Å². The number of hydrogen-bond acceptors (Lipinski definition) is 1. The maximum Gasteiger partial charge on any atom is 0.144 e. The molecule has 0 aliphatic rings. The molecule has 2 aromatic heterocycles. The van der Waals surface area contributed by atoms with Gasteiger partial charge in [0.15, 0.2) is 0 Å². The van der Waals surface area contributed by atoms with Crippen molar-refractivity contribution >= 4 is 17.8 Å². The second-order valence-electron chi connectivity index (χ2n) is 3.05. The molecule has 0 bridgehead atoms. The van der Waals surface area contributed by atoms with Crippen molar-refractivity contribution in [1.29, 1.82) is 0 Å². The van der Waals surface area contributed by atoms with Gasteiger partial charge in [-0.25, -0.2) is 4.98 Å². The molecule has 0 aliphatic carbocycles. The topological polar surface area (TPSA) is 17.3 Å². The maximum absolute atomic E-state index is 4.31. The van der Waals surface area contributed by atoms with E-state index in [0.29, 0.717) is 0 Å². The number of rotatable bonds is 2. The predicted octanol–water partition coefficient (Wildman–Crippen LogP) is 3.01. The van der Waals surface area contributed by atoms with Crippen LogP contribution in [-0.4, -0.2) is 9.38 Å². The van der Waals surface area contributed by atoms with Crippen LogP contribution in [0, 0.1) is 0 Å². The molecule has 0 saturated carbocycles. The van der Waals surface area contributed by atoms with E-state index >= 15 is 0 Å².